The molecular weight excluding hydrogens is 378 g/mol. The van der Waals surface area contributed by atoms with E-state index in [-0.39, 0.29) is 5.91 Å². The summed E-state index contributed by atoms with van der Waals surface area (Å²) in [4.78, 5) is 19.7. The van der Waals surface area contributed by atoms with Crippen LogP contribution in [0.2, 0.25) is 0 Å². The predicted octanol–water partition coefficient (Wildman–Crippen LogP) is 1.98. The van der Waals surface area contributed by atoms with Gasteiger partial charge < -0.3 is 25.6 Å². The second-order valence-corrected chi connectivity index (χ2v) is 7.77. The normalized spacial score (nSPS) is 17.7. The van der Waals surface area contributed by atoms with Gasteiger partial charge in [0.1, 0.15) is 0 Å². The molecule has 0 aromatic heterocycles. The molecule has 160 valence electrons. The van der Waals surface area contributed by atoms with Crippen molar-refractivity contribution in [1.82, 2.24) is 9.80 Å². The Morgan fingerprint density at radius 2 is 1.67 bits per heavy atom. The highest BCUT2D eigenvalue weighted by Crippen LogP contribution is 2.24. The molecule has 1 amide bonds. The Hall–Kier alpha value is -2.77. The van der Waals surface area contributed by atoms with Crippen molar-refractivity contribution < 1.29 is 9.53 Å². The van der Waals surface area contributed by atoms with Gasteiger partial charge in [-0.3, -0.25) is 9.69 Å². The third-order valence-electron chi connectivity index (χ3n) is 5.85. The number of piperazine rings is 1. The molecule has 0 aliphatic carbocycles. The van der Waals surface area contributed by atoms with Crippen molar-refractivity contribution in [3.05, 3.63) is 54.1 Å². The van der Waals surface area contributed by atoms with Gasteiger partial charge in [0.15, 0.2) is 0 Å². The van der Waals surface area contributed by atoms with Crippen LogP contribution in [0.15, 0.2) is 48.5 Å². The van der Waals surface area contributed by atoms with Crippen molar-refractivity contribution in [2.45, 2.75) is 0 Å². The summed E-state index contributed by atoms with van der Waals surface area (Å²) >= 11 is 0. The molecule has 0 radical (unpaired) electrons. The molecule has 0 unspecified atom stereocenters. The van der Waals surface area contributed by atoms with Crippen LogP contribution in [0.1, 0.15) is 10.4 Å². The van der Waals surface area contributed by atoms with Crippen LogP contribution in [-0.2, 0) is 4.74 Å². The number of benzene rings is 2. The number of morpholine rings is 1. The molecule has 2 fully saturated rings. The van der Waals surface area contributed by atoms with Crippen molar-refractivity contribution >= 4 is 23.0 Å². The molecule has 2 saturated heterocycles. The summed E-state index contributed by atoms with van der Waals surface area (Å²) in [6, 6.07) is 16.2. The number of carbonyl (C=O) groups is 1. The third-order valence-corrected chi connectivity index (χ3v) is 5.85. The van der Waals surface area contributed by atoms with Crippen LogP contribution in [-0.4, -0.2) is 81.3 Å². The summed E-state index contributed by atoms with van der Waals surface area (Å²) in [6.07, 6.45) is 0. The van der Waals surface area contributed by atoms with E-state index < -0.39 is 0 Å². The molecule has 7 heteroatoms. The van der Waals surface area contributed by atoms with Gasteiger partial charge in [0.05, 0.1) is 18.8 Å². The maximum absolute atomic E-state index is 13.0. The number of nitrogens with two attached hydrogens (primary N) is 1. The van der Waals surface area contributed by atoms with E-state index in [0.717, 1.165) is 45.0 Å². The molecule has 4 rings (SSSR count). The van der Waals surface area contributed by atoms with Gasteiger partial charge in [-0.25, -0.2) is 0 Å². The Balaban J connectivity index is 1.30. The molecule has 0 saturated carbocycles. The van der Waals surface area contributed by atoms with Gasteiger partial charge in [-0.2, -0.15) is 0 Å². The first-order chi connectivity index (χ1) is 14.7. The summed E-state index contributed by atoms with van der Waals surface area (Å²) in [5.41, 5.74) is 9.38. The first kappa shape index (κ1) is 20.5. The lowest BCUT2D eigenvalue weighted by atomic mass is 10.1. The van der Waals surface area contributed by atoms with Gasteiger partial charge in [-0.05, 0) is 24.3 Å². The number of amides is 1. The summed E-state index contributed by atoms with van der Waals surface area (Å²) in [6.45, 7) is 8.22. The lowest BCUT2D eigenvalue weighted by Gasteiger charge is -2.36. The van der Waals surface area contributed by atoms with E-state index in [1.807, 2.05) is 17.0 Å². The van der Waals surface area contributed by atoms with Crippen LogP contribution in [0.5, 0.6) is 0 Å². The van der Waals surface area contributed by atoms with Gasteiger partial charge in [0.2, 0.25) is 0 Å². The highest BCUT2D eigenvalue weighted by Gasteiger charge is 2.23. The van der Waals surface area contributed by atoms with Crippen LogP contribution in [0, 0.1) is 0 Å². The Labute approximate surface area is 178 Å². The summed E-state index contributed by atoms with van der Waals surface area (Å²) in [5.74, 6) is -0.0182. The molecule has 2 aromatic rings. The number of anilines is 3. The summed E-state index contributed by atoms with van der Waals surface area (Å²) < 4.78 is 5.36. The quantitative estimate of drug-likeness (QED) is 0.711. The monoisotopic (exact) mass is 409 g/mol. The van der Waals surface area contributed by atoms with Gasteiger partial charge in [-0.1, -0.05) is 24.3 Å². The SMILES string of the molecule is Nc1cccc(NCCN2CCN(c3ccccc3)CC2)c1C(=O)N1CCOCC1. The molecule has 7 nitrogen and oxygen atoms in total. The number of hydrogen-bond acceptors (Lipinski definition) is 6. The number of para-hydroxylation sites is 1. The zero-order chi connectivity index (χ0) is 20.8. The number of hydrogen-bond donors (Lipinski definition) is 2. The number of ether oxygens (including phenoxy) is 1. The second kappa shape index (κ2) is 9.82. The maximum Gasteiger partial charge on any atom is 0.258 e. The van der Waals surface area contributed by atoms with Crippen LogP contribution >= 0.6 is 0 Å². The van der Waals surface area contributed by atoms with E-state index in [2.05, 4.69) is 45.4 Å². The Morgan fingerprint density at radius 3 is 2.40 bits per heavy atom. The van der Waals surface area contributed by atoms with Crippen LogP contribution < -0.4 is 16.0 Å². The fraction of sp³-hybridized carbons (Fsp3) is 0.435. The molecular formula is C23H31N5O2. The van der Waals surface area contributed by atoms with E-state index in [1.54, 1.807) is 6.07 Å². The van der Waals surface area contributed by atoms with Crippen LogP contribution in [0.3, 0.4) is 0 Å². The highest BCUT2D eigenvalue weighted by atomic mass is 16.5. The van der Waals surface area contributed by atoms with Crippen molar-refractivity contribution in [3.63, 3.8) is 0 Å². The highest BCUT2D eigenvalue weighted by molar-refractivity contribution is 6.04. The summed E-state index contributed by atoms with van der Waals surface area (Å²) in [7, 11) is 0. The molecule has 2 heterocycles. The van der Waals surface area contributed by atoms with E-state index >= 15 is 0 Å². The first-order valence-electron chi connectivity index (χ1n) is 10.7. The number of rotatable bonds is 6. The lowest BCUT2D eigenvalue weighted by Crippen LogP contribution is -2.47. The van der Waals surface area contributed by atoms with Gasteiger partial charge in [0.25, 0.3) is 5.91 Å². The van der Waals surface area contributed by atoms with Gasteiger partial charge in [-0.15, -0.1) is 0 Å². The Kier molecular flexibility index (Phi) is 6.71. The molecule has 0 spiro atoms. The average Bonchev–Trinajstić information content (AvgIpc) is 2.80. The molecule has 0 atom stereocenters. The fourth-order valence-electron chi connectivity index (χ4n) is 4.10. The molecule has 2 aliphatic heterocycles. The summed E-state index contributed by atoms with van der Waals surface area (Å²) in [5, 5.41) is 3.45. The first-order valence-corrected chi connectivity index (χ1v) is 10.7. The molecule has 30 heavy (non-hydrogen) atoms. The molecule has 2 aromatic carbocycles. The van der Waals surface area contributed by atoms with Crippen LogP contribution in [0.4, 0.5) is 17.1 Å². The zero-order valence-corrected chi connectivity index (χ0v) is 17.4. The Morgan fingerprint density at radius 1 is 0.933 bits per heavy atom. The zero-order valence-electron chi connectivity index (χ0n) is 17.4. The van der Waals surface area contributed by atoms with Crippen molar-refractivity contribution in [1.29, 1.82) is 0 Å². The minimum Gasteiger partial charge on any atom is -0.398 e. The fourth-order valence-corrected chi connectivity index (χ4v) is 4.10. The second-order valence-electron chi connectivity index (χ2n) is 7.77. The Bertz CT molecular complexity index is 831. The van der Waals surface area contributed by atoms with Crippen LogP contribution in [0.25, 0.3) is 0 Å². The molecule has 2 aliphatic rings. The van der Waals surface area contributed by atoms with E-state index in [0.29, 0.717) is 37.6 Å². The standard InChI is InChI=1S/C23H31N5O2/c24-20-7-4-8-21(22(20)23(29)28-15-17-30-18-16-28)25-9-10-26-11-13-27(14-12-26)19-5-2-1-3-6-19/h1-8,25H,9-18,24H2. The minimum atomic E-state index is -0.0182. The maximum atomic E-state index is 13.0. The average molecular weight is 410 g/mol. The van der Waals surface area contributed by atoms with Crippen molar-refractivity contribution in [2.24, 2.45) is 0 Å². The number of carbonyl (C=O) groups excluding carboxylic acids is 1. The predicted molar refractivity (Wildman–Crippen MR) is 121 cm³/mol. The van der Waals surface area contributed by atoms with E-state index in [1.165, 1.54) is 5.69 Å². The molecule has 3 N–H and O–H groups in total. The van der Waals surface area contributed by atoms with Crippen molar-refractivity contribution in [3.8, 4) is 0 Å². The lowest BCUT2D eigenvalue weighted by molar-refractivity contribution is 0.0304. The van der Waals surface area contributed by atoms with E-state index in [4.69, 9.17) is 10.5 Å². The van der Waals surface area contributed by atoms with Crippen molar-refractivity contribution in [2.75, 3.05) is 81.5 Å². The smallest absolute Gasteiger partial charge is 0.258 e. The van der Waals surface area contributed by atoms with E-state index in [9.17, 15) is 4.79 Å². The number of nitrogen functional groups attached to an aromatic ring is 1. The van der Waals surface area contributed by atoms with Gasteiger partial charge >= 0.3 is 0 Å². The van der Waals surface area contributed by atoms with Gasteiger partial charge in [0, 0.05) is 69.4 Å². The number of nitrogens with zero attached hydrogens (tertiary/aromatic N) is 3. The topological polar surface area (TPSA) is 74.1 Å². The minimum absolute atomic E-state index is 0.0182. The molecule has 0 bridgehead atoms. The largest absolute Gasteiger partial charge is 0.398 e. The number of nitrogens with one attached hydrogen (secondary N) is 1. The third kappa shape index (κ3) is 4.86.